The predicted molar refractivity (Wildman–Crippen MR) is 104 cm³/mol. The van der Waals surface area contributed by atoms with Crippen LogP contribution in [0, 0.1) is 0 Å². The lowest BCUT2D eigenvalue weighted by Gasteiger charge is -2.32. The normalized spacial score (nSPS) is 19.4. The van der Waals surface area contributed by atoms with Gasteiger partial charge in [-0.1, -0.05) is 18.7 Å². The van der Waals surface area contributed by atoms with Gasteiger partial charge in [0.1, 0.15) is 6.29 Å². The lowest BCUT2D eigenvalue weighted by molar-refractivity contribution is 0.00578. The van der Waals surface area contributed by atoms with Crippen LogP contribution in [0.15, 0.2) is 35.8 Å². The summed E-state index contributed by atoms with van der Waals surface area (Å²) < 4.78 is 12.1. The third-order valence-electron chi connectivity index (χ3n) is 4.82. The molecule has 0 aromatic heterocycles. The molecule has 128 valence electrons. The van der Waals surface area contributed by atoms with Gasteiger partial charge in [-0.05, 0) is 74.5 Å². The lowest BCUT2D eigenvalue weighted by Crippen LogP contribution is -2.41. The second-order valence-electron chi connectivity index (χ2n) is 7.05. The van der Waals surface area contributed by atoms with E-state index in [9.17, 15) is 4.79 Å². The van der Waals surface area contributed by atoms with E-state index in [1.54, 1.807) is 11.8 Å². The molecule has 0 radical (unpaired) electrons. The molecule has 0 aliphatic carbocycles. The Labute approximate surface area is 149 Å². The van der Waals surface area contributed by atoms with Gasteiger partial charge in [-0.25, -0.2) is 0 Å². The van der Waals surface area contributed by atoms with Crippen molar-refractivity contribution in [1.82, 2.24) is 0 Å². The molecule has 1 saturated heterocycles. The van der Waals surface area contributed by atoms with Gasteiger partial charge < -0.3 is 9.31 Å². The molecular weight excluding hydrogens is 319 g/mol. The number of hydrogen-bond donors (Lipinski definition) is 0. The van der Waals surface area contributed by atoms with Crippen LogP contribution in [-0.4, -0.2) is 30.9 Å². The summed E-state index contributed by atoms with van der Waals surface area (Å²) in [5, 5.41) is 0. The standard InChI is InChI=1S/C19H25BO3S/c1-13(10-14(2)24-7)15-8-9-17(16(11-15)12-21)20-22-18(3,4)19(5,6)23-20/h8-12H,2H2,1,3-7H3/b13-10+. The molecule has 1 aromatic rings. The van der Waals surface area contributed by atoms with Gasteiger partial charge in [-0.2, -0.15) is 0 Å². The molecule has 1 aromatic carbocycles. The monoisotopic (exact) mass is 344 g/mol. The number of allylic oxidation sites excluding steroid dienone is 2. The number of benzene rings is 1. The fourth-order valence-corrected chi connectivity index (χ4v) is 2.79. The topological polar surface area (TPSA) is 35.5 Å². The van der Waals surface area contributed by atoms with E-state index in [2.05, 4.69) is 6.58 Å². The van der Waals surface area contributed by atoms with Crippen molar-refractivity contribution in [1.29, 1.82) is 0 Å². The number of rotatable bonds is 5. The maximum atomic E-state index is 11.6. The molecule has 0 saturated carbocycles. The Morgan fingerprint density at radius 2 is 1.79 bits per heavy atom. The highest BCUT2D eigenvalue weighted by molar-refractivity contribution is 8.02. The molecule has 1 heterocycles. The number of aldehydes is 1. The van der Waals surface area contributed by atoms with E-state index in [1.165, 1.54) is 0 Å². The van der Waals surface area contributed by atoms with Gasteiger partial charge in [0.05, 0.1) is 11.2 Å². The first-order valence-corrected chi connectivity index (χ1v) is 9.20. The summed E-state index contributed by atoms with van der Waals surface area (Å²) in [7, 11) is -0.533. The zero-order valence-corrected chi connectivity index (χ0v) is 16.1. The minimum atomic E-state index is -0.533. The van der Waals surface area contributed by atoms with Crippen LogP contribution in [0.25, 0.3) is 5.57 Å². The molecule has 24 heavy (non-hydrogen) atoms. The van der Waals surface area contributed by atoms with Gasteiger partial charge in [-0.15, -0.1) is 11.8 Å². The van der Waals surface area contributed by atoms with E-state index < -0.39 is 18.3 Å². The van der Waals surface area contributed by atoms with Gasteiger partial charge in [0.2, 0.25) is 0 Å². The van der Waals surface area contributed by atoms with Crippen LogP contribution in [0.4, 0.5) is 0 Å². The largest absolute Gasteiger partial charge is 0.495 e. The molecule has 0 spiro atoms. The van der Waals surface area contributed by atoms with Crippen LogP contribution in [-0.2, 0) is 9.31 Å². The summed E-state index contributed by atoms with van der Waals surface area (Å²) >= 11 is 1.60. The van der Waals surface area contributed by atoms with Crippen molar-refractivity contribution >= 4 is 36.2 Å². The van der Waals surface area contributed by atoms with Crippen LogP contribution < -0.4 is 5.46 Å². The van der Waals surface area contributed by atoms with E-state index >= 15 is 0 Å². The maximum absolute atomic E-state index is 11.6. The summed E-state index contributed by atoms with van der Waals surface area (Å²) in [4.78, 5) is 12.6. The fourth-order valence-electron chi connectivity index (χ4n) is 2.49. The Hall–Kier alpha value is -1.30. The first kappa shape index (κ1) is 19.0. The Balaban J connectivity index is 2.36. The molecular formula is C19H25BO3S. The molecule has 3 nitrogen and oxygen atoms in total. The fraction of sp³-hybridized carbons (Fsp3) is 0.421. The van der Waals surface area contributed by atoms with E-state index in [0.717, 1.165) is 27.8 Å². The zero-order chi connectivity index (χ0) is 18.1. The van der Waals surface area contributed by atoms with Crippen LogP contribution in [0.3, 0.4) is 0 Å². The van der Waals surface area contributed by atoms with Crippen molar-refractivity contribution < 1.29 is 14.1 Å². The molecule has 0 N–H and O–H groups in total. The molecule has 2 rings (SSSR count). The Morgan fingerprint density at radius 3 is 2.29 bits per heavy atom. The van der Waals surface area contributed by atoms with Gasteiger partial charge in [-0.3, -0.25) is 4.79 Å². The number of carbonyl (C=O) groups excluding carboxylic acids is 1. The Bertz CT molecular complexity index is 676. The van der Waals surface area contributed by atoms with E-state index in [1.807, 2.05) is 65.1 Å². The van der Waals surface area contributed by atoms with Crippen LogP contribution in [0.2, 0.25) is 0 Å². The second kappa shape index (κ2) is 6.91. The number of carbonyl (C=O) groups is 1. The van der Waals surface area contributed by atoms with E-state index in [4.69, 9.17) is 9.31 Å². The zero-order valence-electron chi connectivity index (χ0n) is 15.3. The Morgan fingerprint density at radius 1 is 1.21 bits per heavy atom. The lowest BCUT2D eigenvalue weighted by atomic mass is 9.75. The van der Waals surface area contributed by atoms with Crippen LogP contribution in [0.5, 0.6) is 0 Å². The third kappa shape index (κ3) is 3.69. The van der Waals surface area contributed by atoms with Crippen molar-refractivity contribution in [2.24, 2.45) is 0 Å². The molecule has 0 amide bonds. The van der Waals surface area contributed by atoms with E-state index in [-0.39, 0.29) is 0 Å². The minimum absolute atomic E-state index is 0.428. The summed E-state index contributed by atoms with van der Waals surface area (Å²) in [6.07, 6.45) is 4.87. The highest BCUT2D eigenvalue weighted by Gasteiger charge is 2.52. The van der Waals surface area contributed by atoms with Crippen molar-refractivity contribution in [2.75, 3.05) is 6.26 Å². The number of thioether (sulfide) groups is 1. The maximum Gasteiger partial charge on any atom is 0.495 e. The molecule has 1 fully saturated rings. The summed E-state index contributed by atoms with van der Waals surface area (Å²) in [5.41, 5.74) is 2.56. The van der Waals surface area contributed by atoms with Crippen LogP contribution >= 0.6 is 11.8 Å². The van der Waals surface area contributed by atoms with Crippen molar-refractivity contribution in [3.8, 4) is 0 Å². The highest BCUT2D eigenvalue weighted by Crippen LogP contribution is 2.36. The molecule has 1 aliphatic rings. The Kier molecular flexibility index (Phi) is 5.48. The molecule has 1 aliphatic heterocycles. The predicted octanol–water partition coefficient (Wildman–Crippen LogP) is 4.08. The first-order valence-electron chi connectivity index (χ1n) is 7.97. The molecule has 5 heteroatoms. The minimum Gasteiger partial charge on any atom is -0.399 e. The smallest absolute Gasteiger partial charge is 0.399 e. The van der Waals surface area contributed by atoms with Gasteiger partial charge >= 0.3 is 7.12 Å². The molecule has 0 unspecified atom stereocenters. The quantitative estimate of drug-likeness (QED) is 0.458. The highest BCUT2D eigenvalue weighted by atomic mass is 32.2. The van der Waals surface area contributed by atoms with Crippen molar-refractivity contribution in [3.63, 3.8) is 0 Å². The van der Waals surface area contributed by atoms with Gasteiger partial charge in [0.15, 0.2) is 0 Å². The molecule has 0 bridgehead atoms. The average Bonchev–Trinajstić information content (AvgIpc) is 2.74. The molecule has 0 atom stereocenters. The van der Waals surface area contributed by atoms with Crippen molar-refractivity contribution in [2.45, 2.75) is 45.8 Å². The first-order chi connectivity index (χ1) is 11.1. The van der Waals surface area contributed by atoms with E-state index in [0.29, 0.717) is 5.56 Å². The summed E-state index contributed by atoms with van der Waals surface area (Å²) in [6.45, 7) is 14.0. The second-order valence-corrected chi connectivity index (χ2v) is 7.98. The van der Waals surface area contributed by atoms with Crippen LogP contribution in [0.1, 0.15) is 50.5 Å². The summed E-state index contributed by atoms with van der Waals surface area (Å²) in [6, 6.07) is 5.79. The van der Waals surface area contributed by atoms with Crippen molar-refractivity contribution in [3.05, 3.63) is 46.9 Å². The van der Waals surface area contributed by atoms with Gasteiger partial charge in [0, 0.05) is 5.56 Å². The number of hydrogen-bond acceptors (Lipinski definition) is 4. The third-order valence-corrected chi connectivity index (χ3v) is 5.46. The SMILES string of the molecule is C=C(/C=C(\C)c1ccc(B2OC(C)(C)C(C)(C)O2)c(C=O)c1)SC. The average molecular weight is 344 g/mol. The van der Waals surface area contributed by atoms with Gasteiger partial charge in [0.25, 0.3) is 0 Å². The summed E-state index contributed by atoms with van der Waals surface area (Å²) in [5.74, 6) is 0.